The lowest BCUT2D eigenvalue weighted by molar-refractivity contribution is -0.384. The van der Waals surface area contributed by atoms with Crippen molar-refractivity contribution < 1.29 is 14.8 Å². The molecule has 0 bridgehead atoms. The molecule has 0 fully saturated rings. The van der Waals surface area contributed by atoms with Crippen LogP contribution >= 0.6 is 0 Å². The van der Waals surface area contributed by atoms with Crippen LogP contribution in [0.3, 0.4) is 0 Å². The van der Waals surface area contributed by atoms with Crippen molar-refractivity contribution in [1.82, 2.24) is 9.88 Å². The van der Waals surface area contributed by atoms with Gasteiger partial charge in [-0.3, -0.25) is 10.1 Å². The molecule has 1 aliphatic rings. The zero-order valence-corrected chi connectivity index (χ0v) is 14.1. The fraction of sp³-hybridized carbons (Fsp3) is 0.389. The lowest BCUT2D eigenvalue weighted by Crippen LogP contribution is -2.40. The minimum Gasteiger partial charge on any atom is -0.465 e. The van der Waals surface area contributed by atoms with Gasteiger partial charge in [-0.1, -0.05) is 13.0 Å². The van der Waals surface area contributed by atoms with Gasteiger partial charge in [-0.05, 0) is 37.3 Å². The first kappa shape index (κ1) is 17.0. The van der Waals surface area contributed by atoms with Gasteiger partial charge in [0.1, 0.15) is 0 Å². The first-order chi connectivity index (χ1) is 12.0. The van der Waals surface area contributed by atoms with E-state index in [2.05, 4.69) is 11.1 Å². The molecule has 1 aromatic heterocycles. The molecule has 7 heteroatoms. The Morgan fingerprint density at radius 1 is 1.48 bits per heavy atom. The van der Waals surface area contributed by atoms with Crippen molar-refractivity contribution in [2.24, 2.45) is 0 Å². The molecule has 1 aromatic carbocycles. The number of amides is 1. The van der Waals surface area contributed by atoms with E-state index in [4.69, 9.17) is 0 Å². The Hall–Kier alpha value is -2.83. The molecule has 0 saturated carbocycles. The minimum absolute atomic E-state index is 0.0208. The van der Waals surface area contributed by atoms with Crippen LogP contribution < -0.4 is 0 Å². The lowest BCUT2D eigenvalue weighted by atomic mass is 9.90. The number of H-pyrrole nitrogens is 1. The van der Waals surface area contributed by atoms with Crippen LogP contribution in [0.4, 0.5) is 10.5 Å². The van der Waals surface area contributed by atoms with Gasteiger partial charge in [0.25, 0.3) is 5.69 Å². The van der Waals surface area contributed by atoms with E-state index < -0.39 is 11.0 Å². The second-order valence-electron chi connectivity index (χ2n) is 6.32. The van der Waals surface area contributed by atoms with Crippen molar-refractivity contribution in [3.05, 3.63) is 46.1 Å². The number of hydrogen-bond donors (Lipinski definition) is 2. The average Bonchev–Trinajstić information content (AvgIpc) is 3.02. The Kier molecular flexibility index (Phi) is 4.74. The van der Waals surface area contributed by atoms with Gasteiger partial charge in [0.15, 0.2) is 0 Å². The maximum Gasteiger partial charge on any atom is 0.407 e. The number of carboxylic acid groups (broad SMARTS) is 1. The van der Waals surface area contributed by atoms with Crippen LogP contribution in [-0.4, -0.2) is 38.6 Å². The second kappa shape index (κ2) is 6.96. The SMILES string of the molecule is CCCN(C(=O)O)C1CC=C(c2c[nH]c3cc([N+](=O)[O-])ccc23)CC1. The predicted molar refractivity (Wildman–Crippen MR) is 95.6 cm³/mol. The summed E-state index contributed by atoms with van der Waals surface area (Å²) >= 11 is 0. The molecule has 132 valence electrons. The van der Waals surface area contributed by atoms with Crippen LogP contribution in [0.5, 0.6) is 0 Å². The summed E-state index contributed by atoms with van der Waals surface area (Å²) in [6.45, 7) is 2.53. The summed E-state index contributed by atoms with van der Waals surface area (Å²) < 4.78 is 0. The van der Waals surface area contributed by atoms with Gasteiger partial charge >= 0.3 is 6.09 Å². The van der Waals surface area contributed by atoms with E-state index in [1.807, 2.05) is 13.1 Å². The third kappa shape index (κ3) is 3.35. The third-order valence-corrected chi connectivity index (χ3v) is 4.76. The number of hydrogen-bond acceptors (Lipinski definition) is 3. The molecule has 1 heterocycles. The zero-order chi connectivity index (χ0) is 18.0. The number of nitro benzene ring substituents is 1. The molecular weight excluding hydrogens is 322 g/mol. The van der Waals surface area contributed by atoms with E-state index in [0.717, 1.165) is 41.3 Å². The Morgan fingerprint density at radius 2 is 2.28 bits per heavy atom. The van der Waals surface area contributed by atoms with Crippen molar-refractivity contribution in [3.8, 4) is 0 Å². The molecular formula is C18H21N3O4. The number of fused-ring (bicyclic) bond motifs is 1. The quantitative estimate of drug-likeness (QED) is 0.620. The van der Waals surface area contributed by atoms with Crippen molar-refractivity contribution in [1.29, 1.82) is 0 Å². The molecule has 0 spiro atoms. The highest BCUT2D eigenvalue weighted by Crippen LogP contribution is 2.34. The molecule has 1 unspecified atom stereocenters. The summed E-state index contributed by atoms with van der Waals surface area (Å²) in [6.07, 6.45) is 6.20. The van der Waals surface area contributed by atoms with Crippen LogP contribution in [0.1, 0.15) is 38.2 Å². The molecule has 0 radical (unpaired) electrons. The van der Waals surface area contributed by atoms with Crippen molar-refractivity contribution in [2.75, 3.05) is 6.54 Å². The van der Waals surface area contributed by atoms with Crippen molar-refractivity contribution in [2.45, 2.75) is 38.6 Å². The molecule has 1 aliphatic carbocycles. The number of non-ortho nitro benzene ring substituents is 1. The Balaban J connectivity index is 1.83. The minimum atomic E-state index is -0.858. The summed E-state index contributed by atoms with van der Waals surface area (Å²) in [4.78, 5) is 26.5. The van der Waals surface area contributed by atoms with Gasteiger partial charge in [0.2, 0.25) is 0 Å². The molecule has 2 N–H and O–H groups in total. The van der Waals surface area contributed by atoms with Gasteiger partial charge in [-0.15, -0.1) is 0 Å². The largest absolute Gasteiger partial charge is 0.465 e. The fourth-order valence-corrected chi connectivity index (χ4v) is 3.52. The highest BCUT2D eigenvalue weighted by molar-refractivity contribution is 5.93. The van der Waals surface area contributed by atoms with Crippen LogP contribution in [0.15, 0.2) is 30.5 Å². The number of aromatic amines is 1. The first-order valence-electron chi connectivity index (χ1n) is 8.45. The number of aromatic nitrogens is 1. The number of nitro groups is 1. The number of nitrogens with zero attached hydrogens (tertiary/aromatic N) is 2. The number of carbonyl (C=O) groups is 1. The van der Waals surface area contributed by atoms with Crippen LogP contribution in [-0.2, 0) is 0 Å². The highest BCUT2D eigenvalue weighted by atomic mass is 16.6. The Morgan fingerprint density at radius 3 is 2.88 bits per heavy atom. The van der Waals surface area contributed by atoms with Gasteiger partial charge < -0.3 is 15.0 Å². The fourth-order valence-electron chi connectivity index (χ4n) is 3.52. The molecule has 2 aromatic rings. The van der Waals surface area contributed by atoms with E-state index in [1.54, 1.807) is 12.1 Å². The maximum absolute atomic E-state index is 11.4. The standard InChI is InChI=1S/C18H21N3O4/c1-2-9-20(18(22)23)13-5-3-12(4-6-13)16-11-19-17-10-14(21(24)25)7-8-15(16)17/h3,7-8,10-11,13,19H,2,4-6,9H2,1H3,(H,22,23). The normalized spacial score (nSPS) is 17.3. The molecule has 25 heavy (non-hydrogen) atoms. The van der Waals surface area contributed by atoms with E-state index in [1.165, 1.54) is 11.0 Å². The number of nitrogens with one attached hydrogen (secondary N) is 1. The average molecular weight is 343 g/mol. The Bertz CT molecular complexity index is 840. The van der Waals surface area contributed by atoms with Crippen LogP contribution in [0.2, 0.25) is 0 Å². The van der Waals surface area contributed by atoms with Gasteiger partial charge in [-0.2, -0.15) is 0 Å². The lowest BCUT2D eigenvalue weighted by Gasteiger charge is -2.31. The van der Waals surface area contributed by atoms with Crippen LogP contribution in [0, 0.1) is 10.1 Å². The predicted octanol–water partition coefficient (Wildman–Crippen LogP) is 4.40. The zero-order valence-electron chi connectivity index (χ0n) is 14.1. The molecule has 0 saturated heterocycles. The third-order valence-electron chi connectivity index (χ3n) is 4.76. The van der Waals surface area contributed by atoms with Gasteiger partial charge in [0.05, 0.1) is 10.4 Å². The summed E-state index contributed by atoms with van der Waals surface area (Å²) in [6, 6.07) is 4.84. The van der Waals surface area contributed by atoms with Crippen molar-refractivity contribution in [3.63, 3.8) is 0 Å². The van der Waals surface area contributed by atoms with E-state index in [9.17, 15) is 20.0 Å². The summed E-state index contributed by atoms with van der Waals surface area (Å²) in [5.41, 5.74) is 3.01. The summed E-state index contributed by atoms with van der Waals surface area (Å²) in [5, 5.41) is 21.2. The molecule has 0 aliphatic heterocycles. The monoisotopic (exact) mass is 343 g/mol. The van der Waals surface area contributed by atoms with Crippen LogP contribution in [0.25, 0.3) is 16.5 Å². The summed E-state index contributed by atoms with van der Waals surface area (Å²) in [5.74, 6) is 0. The number of allylic oxidation sites excluding steroid dienone is 1. The smallest absolute Gasteiger partial charge is 0.407 e. The molecule has 3 rings (SSSR count). The molecule has 7 nitrogen and oxygen atoms in total. The second-order valence-corrected chi connectivity index (χ2v) is 6.32. The number of benzene rings is 1. The highest BCUT2D eigenvalue weighted by Gasteiger charge is 2.25. The van der Waals surface area contributed by atoms with Gasteiger partial charge in [0, 0.05) is 41.9 Å². The molecule has 1 atom stereocenters. The summed E-state index contributed by atoms with van der Waals surface area (Å²) in [7, 11) is 0. The van der Waals surface area contributed by atoms with E-state index >= 15 is 0 Å². The maximum atomic E-state index is 11.4. The molecule has 1 amide bonds. The van der Waals surface area contributed by atoms with E-state index in [0.29, 0.717) is 13.0 Å². The van der Waals surface area contributed by atoms with Crippen molar-refractivity contribution >= 4 is 28.3 Å². The van der Waals surface area contributed by atoms with Gasteiger partial charge in [-0.25, -0.2) is 4.79 Å². The Labute approximate surface area is 145 Å². The topological polar surface area (TPSA) is 99.5 Å². The first-order valence-corrected chi connectivity index (χ1v) is 8.45. The number of rotatable bonds is 5. The van der Waals surface area contributed by atoms with E-state index in [-0.39, 0.29) is 11.7 Å².